The maximum Gasteiger partial charge on any atom is 0.437 e. The van der Waals surface area contributed by atoms with Crippen LogP contribution in [0.4, 0.5) is 25.9 Å². The third-order valence-corrected chi connectivity index (χ3v) is 4.50. The Kier molecular flexibility index (Phi) is 7.40. The molecule has 0 aliphatic heterocycles. The minimum absolute atomic E-state index is 0.00759. The molecule has 2 aromatic heterocycles. The predicted octanol–water partition coefficient (Wildman–Crippen LogP) is 5.54. The van der Waals surface area contributed by atoms with Gasteiger partial charge in [0.25, 0.3) is 0 Å². The smallest absolute Gasteiger partial charge is 0.437 e. The highest BCUT2D eigenvalue weighted by atomic mass is 16.6. The van der Waals surface area contributed by atoms with Crippen LogP contribution in [0, 0.1) is 0 Å². The lowest BCUT2D eigenvalue weighted by atomic mass is 10.2. The lowest BCUT2D eigenvalue weighted by Crippen LogP contribution is -2.44. The second kappa shape index (κ2) is 9.92. The predicted molar refractivity (Wildman–Crippen MR) is 142 cm³/mol. The van der Waals surface area contributed by atoms with E-state index in [-0.39, 0.29) is 22.7 Å². The SMILES string of the molecule is CC(C)(C)OC(=O)N(C(=O)OC(C)(C)C)c1nn(C(=O)OC(C)(C)C)c2nc(-c3ccc(N)cc3)ncc12. The summed E-state index contributed by atoms with van der Waals surface area (Å²) >= 11 is 0. The van der Waals surface area contributed by atoms with Crippen LogP contribution in [0.25, 0.3) is 22.4 Å². The quantitative estimate of drug-likeness (QED) is 0.333. The van der Waals surface area contributed by atoms with Gasteiger partial charge >= 0.3 is 18.3 Å². The monoisotopic (exact) mass is 526 g/mol. The topological polar surface area (TPSA) is 152 Å². The first-order valence-corrected chi connectivity index (χ1v) is 12.0. The molecule has 0 saturated carbocycles. The fourth-order valence-electron chi connectivity index (χ4n) is 3.12. The van der Waals surface area contributed by atoms with Gasteiger partial charge in [0.15, 0.2) is 17.3 Å². The highest BCUT2D eigenvalue weighted by Crippen LogP contribution is 2.30. The van der Waals surface area contributed by atoms with Crippen molar-refractivity contribution in [1.29, 1.82) is 0 Å². The van der Waals surface area contributed by atoms with Crippen molar-refractivity contribution < 1.29 is 28.6 Å². The van der Waals surface area contributed by atoms with Crippen molar-refractivity contribution >= 4 is 40.8 Å². The molecule has 0 bridgehead atoms. The zero-order valence-electron chi connectivity index (χ0n) is 23.1. The summed E-state index contributed by atoms with van der Waals surface area (Å²) in [6.07, 6.45) is -1.61. The number of anilines is 2. The number of rotatable bonds is 2. The number of nitrogens with zero attached hydrogens (tertiary/aromatic N) is 5. The molecule has 0 radical (unpaired) electrons. The summed E-state index contributed by atoms with van der Waals surface area (Å²) in [6.45, 7) is 15.0. The normalized spacial score (nSPS) is 12.2. The molecule has 12 nitrogen and oxygen atoms in total. The summed E-state index contributed by atoms with van der Waals surface area (Å²) in [4.78, 5) is 49.1. The van der Waals surface area contributed by atoms with Gasteiger partial charge in [-0.2, -0.15) is 4.90 Å². The van der Waals surface area contributed by atoms with Gasteiger partial charge in [-0.3, -0.25) is 0 Å². The number of carbonyl (C=O) groups is 3. The number of hydrogen-bond acceptors (Lipinski definition) is 10. The van der Waals surface area contributed by atoms with E-state index in [1.165, 1.54) is 6.20 Å². The number of imide groups is 1. The summed E-state index contributed by atoms with van der Waals surface area (Å²) in [6, 6.07) is 6.82. The van der Waals surface area contributed by atoms with E-state index in [1.807, 2.05) is 0 Å². The van der Waals surface area contributed by atoms with E-state index in [4.69, 9.17) is 19.9 Å². The van der Waals surface area contributed by atoms with Gasteiger partial charge in [0.2, 0.25) is 0 Å². The van der Waals surface area contributed by atoms with Gasteiger partial charge in [-0.05, 0) is 86.6 Å². The summed E-state index contributed by atoms with van der Waals surface area (Å²) in [5, 5.41) is 4.39. The third kappa shape index (κ3) is 6.96. The lowest BCUT2D eigenvalue weighted by molar-refractivity contribution is 0.0420. The number of amides is 2. The zero-order valence-corrected chi connectivity index (χ0v) is 23.1. The second-order valence-electron chi connectivity index (χ2n) is 11.6. The summed E-state index contributed by atoms with van der Waals surface area (Å²) in [5.74, 6) is 0.00746. The average Bonchev–Trinajstić information content (AvgIpc) is 3.09. The van der Waals surface area contributed by atoms with Crippen LogP contribution in [-0.2, 0) is 14.2 Å². The number of nitrogen functional groups attached to an aromatic ring is 1. The molecule has 0 atom stereocenters. The molecule has 0 saturated heterocycles. The van der Waals surface area contributed by atoms with Crippen LogP contribution in [-0.4, -0.2) is 54.8 Å². The zero-order chi connectivity index (χ0) is 28.6. The van der Waals surface area contributed by atoms with Gasteiger partial charge in [-0.25, -0.2) is 24.4 Å². The molecular formula is C26H34N6O6. The summed E-state index contributed by atoms with van der Waals surface area (Å²) in [5.41, 5.74) is 4.22. The number of carbonyl (C=O) groups excluding carboxylic acids is 3. The van der Waals surface area contributed by atoms with Crippen LogP contribution in [0.15, 0.2) is 30.5 Å². The van der Waals surface area contributed by atoms with E-state index in [9.17, 15) is 14.4 Å². The minimum Gasteiger partial charge on any atom is -0.443 e. The summed E-state index contributed by atoms with van der Waals surface area (Å²) < 4.78 is 17.3. The molecule has 0 fully saturated rings. The molecule has 0 unspecified atom stereocenters. The first kappa shape index (κ1) is 28.4. The van der Waals surface area contributed by atoms with Crippen LogP contribution >= 0.6 is 0 Å². The van der Waals surface area contributed by atoms with Gasteiger partial charge in [-0.15, -0.1) is 9.78 Å². The molecule has 38 heavy (non-hydrogen) atoms. The molecule has 1 aromatic carbocycles. The van der Waals surface area contributed by atoms with E-state index in [0.29, 0.717) is 16.2 Å². The van der Waals surface area contributed by atoms with E-state index < -0.39 is 35.1 Å². The Morgan fingerprint density at radius 3 is 1.79 bits per heavy atom. The third-order valence-electron chi connectivity index (χ3n) is 4.50. The van der Waals surface area contributed by atoms with E-state index in [2.05, 4.69) is 15.1 Å². The minimum atomic E-state index is -1.05. The highest BCUT2D eigenvalue weighted by molar-refractivity contribution is 6.14. The molecule has 3 rings (SSSR count). The van der Waals surface area contributed by atoms with E-state index in [1.54, 1.807) is 86.6 Å². The van der Waals surface area contributed by atoms with Crippen LogP contribution in [0.2, 0.25) is 0 Å². The van der Waals surface area contributed by atoms with Crippen LogP contribution in [0.3, 0.4) is 0 Å². The highest BCUT2D eigenvalue weighted by Gasteiger charge is 2.37. The van der Waals surface area contributed by atoms with Crippen molar-refractivity contribution in [3.63, 3.8) is 0 Å². The number of hydrogen-bond donors (Lipinski definition) is 1. The van der Waals surface area contributed by atoms with Crippen molar-refractivity contribution in [1.82, 2.24) is 19.7 Å². The number of benzene rings is 1. The number of aromatic nitrogens is 4. The number of ether oxygens (including phenoxy) is 3. The number of nitrogens with two attached hydrogens (primary N) is 1. The fraction of sp³-hybridized carbons (Fsp3) is 0.462. The van der Waals surface area contributed by atoms with Gasteiger partial charge in [0.1, 0.15) is 16.8 Å². The van der Waals surface area contributed by atoms with Crippen LogP contribution in [0.5, 0.6) is 0 Å². The van der Waals surface area contributed by atoms with Crippen molar-refractivity contribution in [3.05, 3.63) is 30.5 Å². The van der Waals surface area contributed by atoms with Gasteiger partial charge in [-0.1, -0.05) is 0 Å². The Morgan fingerprint density at radius 2 is 1.32 bits per heavy atom. The number of fused-ring (bicyclic) bond motifs is 1. The van der Waals surface area contributed by atoms with Gasteiger partial charge < -0.3 is 19.9 Å². The van der Waals surface area contributed by atoms with Crippen LogP contribution in [0.1, 0.15) is 62.3 Å². The molecule has 2 heterocycles. The average molecular weight is 527 g/mol. The Bertz CT molecular complexity index is 1330. The molecule has 204 valence electrons. The van der Waals surface area contributed by atoms with E-state index in [0.717, 1.165) is 4.68 Å². The standard InChI is InChI=1S/C26H34N6O6/c1-24(2,3)36-21(33)31(22(34)37-25(4,5)6)20-17-14-28-18(15-10-12-16(27)13-11-15)29-19(17)32(30-20)23(35)38-26(7,8)9/h10-14H,27H2,1-9H3. The first-order valence-electron chi connectivity index (χ1n) is 12.0. The Labute approximate surface area is 221 Å². The van der Waals surface area contributed by atoms with Crippen LogP contribution < -0.4 is 10.6 Å². The molecular weight excluding hydrogens is 492 g/mol. The molecule has 2 amide bonds. The molecule has 0 aliphatic rings. The van der Waals surface area contributed by atoms with E-state index >= 15 is 0 Å². The molecule has 0 aliphatic carbocycles. The fourth-order valence-corrected chi connectivity index (χ4v) is 3.12. The Balaban J connectivity index is 2.26. The van der Waals surface area contributed by atoms with Gasteiger partial charge in [0.05, 0.1) is 5.39 Å². The molecule has 2 N–H and O–H groups in total. The van der Waals surface area contributed by atoms with Crippen molar-refractivity contribution in [2.45, 2.75) is 79.1 Å². The summed E-state index contributed by atoms with van der Waals surface area (Å²) in [7, 11) is 0. The maximum absolute atomic E-state index is 13.2. The molecule has 3 aromatic rings. The maximum atomic E-state index is 13.2. The second-order valence-corrected chi connectivity index (χ2v) is 11.6. The van der Waals surface area contributed by atoms with Crippen molar-refractivity contribution in [2.24, 2.45) is 0 Å². The molecule has 0 spiro atoms. The largest absolute Gasteiger partial charge is 0.443 e. The van der Waals surface area contributed by atoms with Crippen molar-refractivity contribution in [2.75, 3.05) is 10.6 Å². The van der Waals surface area contributed by atoms with Crippen molar-refractivity contribution in [3.8, 4) is 11.4 Å². The lowest BCUT2D eigenvalue weighted by Gasteiger charge is -2.27. The Morgan fingerprint density at radius 1 is 0.816 bits per heavy atom. The Hall–Kier alpha value is -4.22. The first-order chi connectivity index (χ1) is 17.3. The van der Waals surface area contributed by atoms with Gasteiger partial charge in [0, 0.05) is 17.4 Å². The molecule has 12 heteroatoms.